The van der Waals surface area contributed by atoms with Gasteiger partial charge in [-0.2, -0.15) is 0 Å². The Labute approximate surface area is 94.9 Å². The van der Waals surface area contributed by atoms with Gasteiger partial charge in [-0.25, -0.2) is 0 Å². The molecular formula is C10H18N4O2. The van der Waals surface area contributed by atoms with E-state index in [9.17, 15) is 9.90 Å². The van der Waals surface area contributed by atoms with Crippen LogP contribution in [0.25, 0.3) is 10.4 Å². The Morgan fingerprint density at radius 1 is 1.69 bits per heavy atom. The van der Waals surface area contributed by atoms with Crippen LogP contribution in [0.5, 0.6) is 0 Å². The molecule has 1 rings (SSSR count). The van der Waals surface area contributed by atoms with Gasteiger partial charge in [0, 0.05) is 31.0 Å². The summed E-state index contributed by atoms with van der Waals surface area (Å²) in [6.45, 7) is 3.55. The van der Waals surface area contributed by atoms with Gasteiger partial charge in [0.1, 0.15) is 0 Å². The number of azide groups is 1. The van der Waals surface area contributed by atoms with Crippen molar-refractivity contribution in [1.29, 1.82) is 0 Å². The molecule has 0 bridgehead atoms. The molecule has 0 saturated carbocycles. The van der Waals surface area contributed by atoms with Crippen LogP contribution in [-0.2, 0) is 4.79 Å². The zero-order valence-corrected chi connectivity index (χ0v) is 9.54. The van der Waals surface area contributed by atoms with Crippen LogP contribution < -0.4 is 0 Å². The highest BCUT2D eigenvalue weighted by Crippen LogP contribution is 2.13. The molecule has 1 fully saturated rings. The fourth-order valence-corrected chi connectivity index (χ4v) is 1.83. The number of rotatable bonds is 4. The van der Waals surface area contributed by atoms with Crippen LogP contribution in [0.3, 0.4) is 0 Å². The summed E-state index contributed by atoms with van der Waals surface area (Å²) in [5.41, 5.74) is 8.20. The maximum Gasteiger partial charge on any atom is 0.222 e. The number of aliphatic hydroxyl groups is 1. The number of nitrogens with zero attached hydrogens (tertiary/aromatic N) is 4. The van der Waals surface area contributed by atoms with Crippen molar-refractivity contribution in [2.24, 2.45) is 11.0 Å². The van der Waals surface area contributed by atoms with Crippen molar-refractivity contribution in [3.63, 3.8) is 0 Å². The number of hydrogen-bond donors (Lipinski definition) is 1. The van der Waals surface area contributed by atoms with Crippen LogP contribution in [0.4, 0.5) is 0 Å². The Morgan fingerprint density at radius 3 is 3.12 bits per heavy atom. The normalized spacial score (nSPS) is 23.5. The molecule has 1 saturated heterocycles. The second kappa shape index (κ2) is 6.35. The minimum absolute atomic E-state index is 0.0873. The Hall–Kier alpha value is -1.26. The molecule has 0 aromatic heterocycles. The molecule has 0 aromatic rings. The first-order valence-corrected chi connectivity index (χ1v) is 5.60. The molecule has 0 aromatic carbocycles. The summed E-state index contributed by atoms with van der Waals surface area (Å²) in [4.78, 5) is 16.1. The van der Waals surface area contributed by atoms with E-state index in [0.29, 0.717) is 38.9 Å². The third kappa shape index (κ3) is 4.08. The van der Waals surface area contributed by atoms with E-state index in [2.05, 4.69) is 10.0 Å². The number of carbonyl (C=O) groups excluding carboxylic acids is 1. The van der Waals surface area contributed by atoms with Crippen LogP contribution >= 0.6 is 0 Å². The molecule has 1 aliphatic rings. The number of aliphatic hydroxyl groups excluding tert-OH is 1. The first-order chi connectivity index (χ1) is 7.63. The number of carbonyl (C=O) groups is 1. The minimum atomic E-state index is -0.360. The first kappa shape index (κ1) is 12.8. The lowest BCUT2D eigenvalue weighted by atomic mass is 10.1. The SMILES string of the molecule is C[C@@H](CN=[N+]=[N-])CN1CC[C@H](O)CCC1=O. The van der Waals surface area contributed by atoms with Crippen molar-refractivity contribution in [2.75, 3.05) is 19.6 Å². The molecule has 1 heterocycles. The van der Waals surface area contributed by atoms with Gasteiger partial charge >= 0.3 is 0 Å². The molecule has 0 aliphatic carbocycles. The lowest BCUT2D eigenvalue weighted by Crippen LogP contribution is -2.35. The summed E-state index contributed by atoms with van der Waals surface area (Å²) in [6.07, 6.45) is 1.25. The molecule has 16 heavy (non-hydrogen) atoms. The minimum Gasteiger partial charge on any atom is -0.393 e. The predicted octanol–water partition coefficient (Wildman–Crippen LogP) is 1.31. The molecule has 0 spiro atoms. The molecule has 0 unspecified atom stereocenters. The Kier molecular flexibility index (Phi) is 5.08. The van der Waals surface area contributed by atoms with E-state index in [1.54, 1.807) is 4.90 Å². The van der Waals surface area contributed by atoms with E-state index in [-0.39, 0.29) is 17.9 Å². The Bertz CT molecular complexity index is 289. The quantitative estimate of drug-likeness (QED) is 0.445. The second-order valence-corrected chi connectivity index (χ2v) is 4.34. The summed E-state index contributed by atoms with van der Waals surface area (Å²) in [6, 6.07) is 0. The average Bonchev–Trinajstić information content (AvgIpc) is 2.41. The van der Waals surface area contributed by atoms with Gasteiger partial charge in [0.05, 0.1) is 6.10 Å². The Balaban J connectivity index is 2.44. The van der Waals surface area contributed by atoms with Gasteiger partial charge in [0.25, 0.3) is 0 Å². The van der Waals surface area contributed by atoms with E-state index >= 15 is 0 Å². The fourth-order valence-electron chi connectivity index (χ4n) is 1.83. The highest BCUT2D eigenvalue weighted by atomic mass is 16.3. The summed E-state index contributed by atoms with van der Waals surface area (Å²) in [5.74, 6) is 0.249. The zero-order chi connectivity index (χ0) is 12.0. The van der Waals surface area contributed by atoms with Crippen molar-refractivity contribution < 1.29 is 9.90 Å². The van der Waals surface area contributed by atoms with Crippen molar-refractivity contribution in [3.05, 3.63) is 10.4 Å². The largest absolute Gasteiger partial charge is 0.393 e. The van der Waals surface area contributed by atoms with Crippen LogP contribution in [0.1, 0.15) is 26.2 Å². The predicted molar refractivity (Wildman–Crippen MR) is 59.6 cm³/mol. The van der Waals surface area contributed by atoms with Gasteiger partial charge < -0.3 is 10.0 Å². The zero-order valence-electron chi connectivity index (χ0n) is 9.54. The maximum atomic E-state index is 11.7. The van der Waals surface area contributed by atoms with Crippen LogP contribution in [0, 0.1) is 5.92 Å². The summed E-state index contributed by atoms with van der Waals surface area (Å²) < 4.78 is 0. The van der Waals surface area contributed by atoms with Crippen molar-refractivity contribution in [3.8, 4) is 0 Å². The lowest BCUT2D eigenvalue weighted by Gasteiger charge is -2.23. The molecule has 1 N–H and O–H groups in total. The molecule has 2 atom stereocenters. The monoisotopic (exact) mass is 226 g/mol. The molecular weight excluding hydrogens is 208 g/mol. The maximum absolute atomic E-state index is 11.7. The van der Waals surface area contributed by atoms with E-state index < -0.39 is 0 Å². The van der Waals surface area contributed by atoms with E-state index in [1.807, 2.05) is 6.92 Å². The summed E-state index contributed by atoms with van der Waals surface area (Å²) in [5, 5.41) is 12.9. The number of amides is 1. The molecule has 0 radical (unpaired) electrons. The van der Waals surface area contributed by atoms with E-state index in [0.717, 1.165) is 0 Å². The summed E-state index contributed by atoms with van der Waals surface area (Å²) >= 11 is 0. The number of hydrogen-bond acceptors (Lipinski definition) is 3. The molecule has 1 amide bonds. The smallest absolute Gasteiger partial charge is 0.222 e. The van der Waals surface area contributed by atoms with E-state index in [4.69, 9.17) is 5.53 Å². The van der Waals surface area contributed by atoms with Gasteiger partial charge in [-0.05, 0) is 24.3 Å². The van der Waals surface area contributed by atoms with Crippen molar-refractivity contribution in [1.82, 2.24) is 4.90 Å². The van der Waals surface area contributed by atoms with Crippen molar-refractivity contribution >= 4 is 5.91 Å². The van der Waals surface area contributed by atoms with Gasteiger partial charge in [-0.3, -0.25) is 4.79 Å². The van der Waals surface area contributed by atoms with Gasteiger partial charge in [-0.15, -0.1) is 0 Å². The van der Waals surface area contributed by atoms with Crippen LogP contribution in [0.15, 0.2) is 5.11 Å². The number of likely N-dealkylation sites (tertiary alicyclic amines) is 1. The first-order valence-electron chi connectivity index (χ1n) is 5.60. The lowest BCUT2D eigenvalue weighted by molar-refractivity contribution is -0.131. The standard InChI is InChI=1S/C10H18N4O2/c1-8(6-12-13-11)7-14-5-4-9(15)2-3-10(14)16/h8-9,15H,2-7H2,1H3/t8-,9+/m0/s1. The fraction of sp³-hybridized carbons (Fsp3) is 0.900. The van der Waals surface area contributed by atoms with Gasteiger partial charge in [-0.1, -0.05) is 12.0 Å². The van der Waals surface area contributed by atoms with Crippen molar-refractivity contribution in [2.45, 2.75) is 32.3 Å². The topological polar surface area (TPSA) is 89.3 Å². The molecule has 90 valence electrons. The molecule has 6 nitrogen and oxygen atoms in total. The third-order valence-corrected chi connectivity index (χ3v) is 2.77. The third-order valence-electron chi connectivity index (χ3n) is 2.77. The van der Waals surface area contributed by atoms with Crippen LogP contribution in [0.2, 0.25) is 0 Å². The molecule has 6 heteroatoms. The van der Waals surface area contributed by atoms with Gasteiger partial charge in [0.2, 0.25) is 5.91 Å². The highest BCUT2D eigenvalue weighted by molar-refractivity contribution is 5.76. The second-order valence-electron chi connectivity index (χ2n) is 4.34. The van der Waals surface area contributed by atoms with Gasteiger partial charge in [0.15, 0.2) is 0 Å². The van der Waals surface area contributed by atoms with E-state index in [1.165, 1.54) is 0 Å². The Morgan fingerprint density at radius 2 is 2.44 bits per heavy atom. The van der Waals surface area contributed by atoms with Crippen LogP contribution in [-0.4, -0.2) is 41.7 Å². The average molecular weight is 226 g/mol. The summed E-state index contributed by atoms with van der Waals surface area (Å²) in [7, 11) is 0. The molecule has 1 aliphatic heterocycles. The highest BCUT2D eigenvalue weighted by Gasteiger charge is 2.21.